The molecule has 0 saturated carbocycles. The van der Waals surface area contributed by atoms with Crippen LogP contribution in [0.4, 0.5) is 5.13 Å². The highest BCUT2D eigenvalue weighted by Gasteiger charge is 2.05. The third-order valence-corrected chi connectivity index (χ3v) is 3.19. The van der Waals surface area contributed by atoms with Gasteiger partial charge >= 0.3 is 5.97 Å². The number of methoxy groups -OCH3 is 1. The van der Waals surface area contributed by atoms with E-state index in [0.29, 0.717) is 25.4 Å². The van der Waals surface area contributed by atoms with E-state index in [4.69, 9.17) is 4.74 Å². The number of hydrogen-bond donors (Lipinski definition) is 1. The summed E-state index contributed by atoms with van der Waals surface area (Å²) in [6.45, 7) is 6.46. The van der Waals surface area contributed by atoms with Crippen molar-refractivity contribution in [1.29, 1.82) is 0 Å². The molecule has 19 heavy (non-hydrogen) atoms. The number of nitrogens with one attached hydrogen (secondary N) is 1. The van der Waals surface area contributed by atoms with Gasteiger partial charge in [-0.3, -0.25) is 4.79 Å². The molecule has 0 amide bonds. The number of hydrogen-bond acceptors (Lipinski definition) is 6. The van der Waals surface area contributed by atoms with Crippen molar-refractivity contribution < 1.29 is 14.3 Å². The number of carbonyl (C=O) groups excluding carboxylic acids is 1. The van der Waals surface area contributed by atoms with E-state index in [9.17, 15) is 4.79 Å². The van der Waals surface area contributed by atoms with Gasteiger partial charge in [0.15, 0.2) is 5.13 Å². The molecule has 0 unspecified atom stereocenters. The molecule has 0 saturated heterocycles. The summed E-state index contributed by atoms with van der Waals surface area (Å²) in [5.41, 5.74) is 0.918. The average Bonchev–Trinajstić information content (AvgIpc) is 2.83. The molecule has 0 aromatic carbocycles. The fourth-order valence-electron chi connectivity index (χ4n) is 1.38. The highest BCUT2D eigenvalue weighted by Crippen LogP contribution is 2.16. The summed E-state index contributed by atoms with van der Waals surface area (Å²) in [5.74, 6) is 0.356. The maximum atomic E-state index is 11.0. The van der Waals surface area contributed by atoms with Gasteiger partial charge < -0.3 is 14.8 Å². The molecule has 1 aromatic rings. The lowest BCUT2D eigenvalue weighted by Crippen LogP contribution is -2.12. The molecule has 1 heterocycles. The lowest BCUT2D eigenvalue weighted by atomic mass is 10.2. The number of carbonyl (C=O) groups is 1. The number of anilines is 1. The Bertz CT molecular complexity index is 380. The Kier molecular flexibility index (Phi) is 7.43. The zero-order valence-electron chi connectivity index (χ0n) is 11.8. The number of rotatable bonds is 9. The van der Waals surface area contributed by atoms with Crippen LogP contribution in [0.15, 0.2) is 5.38 Å². The molecule has 0 aliphatic carbocycles. The number of ether oxygens (including phenoxy) is 2. The smallest absolute Gasteiger partial charge is 0.305 e. The van der Waals surface area contributed by atoms with Gasteiger partial charge in [-0.15, -0.1) is 11.3 Å². The van der Waals surface area contributed by atoms with Crippen LogP contribution in [-0.4, -0.2) is 37.8 Å². The first-order valence-electron chi connectivity index (χ1n) is 6.44. The maximum Gasteiger partial charge on any atom is 0.305 e. The zero-order chi connectivity index (χ0) is 14.1. The highest BCUT2D eigenvalue weighted by atomic mass is 32.1. The molecule has 1 N–H and O–H groups in total. The third kappa shape index (κ3) is 7.12. The van der Waals surface area contributed by atoms with Crippen LogP contribution in [-0.2, 0) is 20.7 Å². The Hall–Kier alpha value is -1.14. The summed E-state index contributed by atoms with van der Waals surface area (Å²) in [7, 11) is 1.40. The van der Waals surface area contributed by atoms with Gasteiger partial charge in [0.05, 0.1) is 25.8 Å². The predicted octanol–water partition coefficient (Wildman–Crippen LogP) is 2.33. The Morgan fingerprint density at radius 3 is 3.00 bits per heavy atom. The van der Waals surface area contributed by atoms with Crippen molar-refractivity contribution in [3.8, 4) is 0 Å². The van der Waals surface area contributed by atoms with Crippen molar-refractivity contribution in [2.45, 2.75) is 26.7 Å². The van der Waals surface area contributed by atoms with E-state index in [2.05, 4.69) is 28.9 Å². The van der Waals surface area contributed by atoms with Gasteiger partial charge in [-0.05, 0) is 5.92 Å². The second kappa shape index (κ2) is 8.87. The second-order valence-corrected chi connectivity index (χ2v) is 5.47. The van der Waals surface area contributed by atoms with Gasteiger partial charge in [-0.25, -0.2) is 4.98 Å². The van der Waals surface area contributed by atoms with Gasteiger partial charge in [-0.1, -0.05) is 13.8 Å². The molecule has 0 aliphatic heterocycles. The Labute approximate surface area is 118 Å². The van der Waals surface area contributed by atoms with Gasteiger partial charge in [0.1, 0.15) is 0 Å². The first-order valence-corrected chi connectivity index (χ1v) is 7.32. The topological polar surface area (TPSA) is 60.5 Å². The summed E-state index contributed by atoms with van der Waals surface area (Å²) in [6, 6.07) is 0. The minimum absolute atomic E-state index is 0.204. The fraction of sp³-hybridized carbons (Fsp3) is 0.692. The first kappa shape index (κ1) is 15.9. The molecule has 0 fully saturated rings. The normalized spacial score (nSPS) is 10.7. The summed E-state index contributed by atoms with van der Waals surface area (Å²) in [4.78, 5) is 15.4. The molecule has 0 bridgehead atoms. The van der Waals surface area contributed by atoms with Crippen molar-refractivity contribution in [1.82, 2.24) is 4.98 Å². The van der Waals surface area contributed by atoms with Crippen LogP contribution in [0.1, 0.15) is 26.0 Å². The fourth-order valence-corrected chi connectivity index (χ4v) is 2.16. The minimum atomic E-state index is -0.204. The molecule has 0 spiro atoms. The first-order chi connectivity index (χ1) is 9.11. The molecule has 1 aromatic heterocycles. The quantitative estimate of drug-likeness (QED) is 0.557. The number of aryl methyl sites for hydroxylation is 1. The molecule has 0 atom stereocenters. The van der Waals surface area contributed by atoms with Crippen LogP contribution in [0.2, 0.25) is 0 Å². The van der Waals surface area contributed by atoms with Crippen LogP contribution in [0.3, 0.4) is 0 Å². The number of esters is 1. The summed E-state index contributed by atoms with van der Waals surface area (Å²) in [5, 5.41) is 6.03. The van der Waals surface area contributed by atoms with E-state index in [1.807, 2.05) is 5.38 Å². The molecule has 6 heteroatoms. The molecule has 0 radical (unpaired) electrons. The lowest BCUT2D eigenvalue weighted by Gasteiger charge is -2.06. The minimum Gasteiger partial charge on any atom is -0.469 e. The largest absolute Gasteiger partial charge is 0.469 e. The summed E-state index contributed by atoms with van der Waals surface area (Å²) < 4.78 is 10.1. The van der Waals surface area contributed by atoms with Crippen molar-refractivity contribution >= 4 is 22.4 Å². The van der Waals surface area contributed by atoms with Crippen LogP contribution in [0.5, 0.6) is 0 Å². The molecule has 108 valence electrons. The maximum absolute atomic E-state index is 11.0. The summed E-state index contributed by atoms with van der Waals surface area (Å²) >= 11 is 1.54. The van der Waals surface area contributed by atoms with Gasteiger partial charge in [0, 0.05) is 25.0 Å². The van der Waals surface area contributed by atoms with Crippen molar-refractivity contribution in [3.63, 3.8) is 0 Å². The third-order valence-electron chi connectivity index (χ3n) is 2.34. The molecular formula is C13H22N2O3S. The van der Waals surface area contributed by atoms with E-state index in [-0.39, 0.29) is 5.97 Å². The van der Waals surface area contributed by atoms with Gasteiger partial charge in [0.25, 0.3) is 0 Å². The van der Waals surface area contributed by atoms with Gasteiger partial charge in [-0.2, -0.15) is 0 Å². The van der Waals surface area contributed by atoms with Crippen LogP contribution in [0, 0.1) is 5.92 Å². The van der Waals surface area contributed by atoms with E-state index in [0.717, 1.165) is 24.0 Å². The number of aromatic nitrogens is 1. The molecule has 5 nitrogen and oxygen atoms in total. The van der Waals surface area contributed by atoms with Crippen molar-refractivity contribution in [2.24, 2.45) is 5.92 Å². The van der Waals surface area contributed by atoms with E-state index in [1.54, 1.807) is 11.3 Å². The zero-order valence-corrected chi connectivity index (χ0v) is 12.6. The Morgan fingerprint density at radius 2 is 2.32 bits per heavy atom. The average molecular weight is 286 g/mol. The SMILES string of the molecule is COC(=O)CCc1csc(NCCOCC(C)C)n1. The van der Waals surface area contributed by atoms with E-state index >= 15 is 0 Å². The number of nitrogens with zero attached hydrogens (tertiary/aromatic N) is 1. The lowest BCUT2D eigenvalue weighted by molar-refractivity contribution is -0.140. The van der Waals surface area contributed by atoms with Gasteiger partial charge in [0.2, 0.25) is 0 Å². The molecule has 1 rings (SSSR count). The standard InChI is InChI=1S/C13H22N2O3S/c1-10(2)8-18-7-6-14-13-15-11(9-19-13)4-5-12(16)17-3/h9-10H,4-8H2,1-3H3,(H,14,15). The van der Waals surface area contributed by atoms with Crippen LogP contribution >= 0.6 is 11.3 Å². The summed E-state index contributed by atoms with van der Waals surface area (Å²) in [6.07, 6.45) is 0.992. The predicted molar refractivity (Wildman–Crippen MR) is 76.6 cm³/mol. The molecular weight excluding hydrogens is 264 g/mol. The Morgan fingerprint density at radius 1 is 1.53 bits per heavy atom. The monoisotopic (exact) mass is 286 g/mol. The van der Waals surface area contributed by atoms with Crippen LogP contribution in [0.25, 0.3) is 0 Å². The Balaban J connectivity index is 2.18. The second-order valence-electron chi connectivity index (χ2n) is 4.62. The van der Waals surface area contributed by atoms with E-state index < -0.39 is 0 Å². The van der Waals surface area contributed by atoms with Crippen LogP contribution < -0.4 is 5.32 Å². The molecule has 0 aliphatic rings. The highest BCUT2D eigenvalue weighted by molar-refractivity contribution is 7.13. The van der Waals surface area contributed by atoms with Crippen molar-refractivity contribution in [3.05, 3.63) is 11.1 Å². The van der Waals surface area contributed by atoms with E-state index in [1.165, 1.54) is 7.11 Å². The number of thiazole rings is 1. The van der Waals surface area contributed by atoms with Crippen molar-refractivity contribution in [2.75, 3.05) is 32.2 Å².